The molecule has 1 unspecified atom stereocenters. The van der Waals surface area contributed by atoms with Crippen molar-refractivity contribution in [2.45, 2.75) is 39.7 Å². The van der Waals surface area contributed by atoms with E-state index in [9.17, 15) is 14.4 Å². The van der Waals surface area contributed by atoms with E-state index in [1.807, 2.05) is 31.2 Å². The standard InChI is InChI=1S/C20H22N4O5/c1-4-12-9-7-8-10-13(12)22-17(25)14(5-2)24-11-21-18-15(19(24)26)16(23-29-18)20(27)28-6-3/h7-11,14H,4-6H2,1-3H3,(H,22,25). The van der Waals surface area contributed by atoms with Crippen molar-refractivity contribution >= 4 is 28.7 Å². The molecule has 1 atom stereocenters. The van der Waals surface area contributed by atoms with Crippen molar-refractivity contribution in [1.82, 2.24) is 14.7 Å². The normalized spacial score (nSPS) is 12.0. The predicted molar refractivity (Wildman–Crippen MR) is 106 cm³/mol. The van der Waals surface area contributed by atoms with E-state index in [-0.39, 0.29) is 29.3 Å². The van der Waals surface area contributed by atoms with Crippen LogP contribution in [0.25, 0.3) is 11.1 Å². The van der Waals surface area contributed by atoms with Crippen LogP contribution in [0.4, 0.5) is 5.69 Å². The van der Waals surface area contributed by atoms with Gasteiger partial charge >= 0.3 is 5.97 Å². The van der Waals surface area contributed by atoms with Gasteiger partial charge in [0.15, 0.2) is 0 Å². The molecule has 0 fully saturated rings. The molecule has 9 nitrogen and oxygen atoms in total. The van der Waals surface area contributed by atoms with Crippen LogP contribution in [0.1, 0.15) is 49.3 Å². The first kappa shape index (κ1) is 20.2. The molecule has 1 aromatic carbocycles. The van der Waals surface area contributed by atoms with Gasteiger partial charge in [-0.3, -0.25) is 14.2 Å². The highest BCUT2D eigenvalue weighted by molar-refractivity contribution is 6.00. The maximum absolute atomic E-state index is 13.0. The average Bonchev–Trinajstić information content (AvgIpc) is 3.16. The summed E-state index contributed by atoms with van der Waals surface area (Å²) >= 11 is 0. The monoisotopic (exact) mass is 398 g/mol. The van der Waals surface area contributed by atoms with E-state index in [1.165, 1.54) is 10.9 Å². The zero-order valence-corrected chi connectivity index (χ0v) is 16.5. The minimum atomic E-state index is -0.825. The third-order valence-corrected chi connectivity index (χ3v) is 4.57. The first-order chi connectivity index (χ1) is 14.0. The number of rotatable bonds is 7. The number of aromatic nitrogens is 3. The number of nitrogens with zero attached hydrogens (tertiary/aromatic N) is 3. The summed E-state index contributed by atoms with van der Waals surface area (Å²) in [6.45, 7) is 5.54. The van der Waals surface area contributed by atoms with Crippen molar-refractivity contribution in [3.63, 3.8) is 0 Å². The largest absolute Gasteiger partial charge is 0.461 e. The zero-order valence-electron chi connectivity index (χ0n) is 16.5. The number of aryl methyl sites for hydroxylation is 1. The quantitative estimate of drug-likeness (QED) is 0.608. The number of carbonyl (C=O) groups excluding carboxylic acids is 2. The summed E-state index contributed by atoms with van der Waals surface area (Å²) in [6.07, 6.45) is 2.32. The second-order valence-corrected chi connectivity index (χ2v) is 6.31. The Balaban J connectivity index is 2.00. The zero-order chi connectivity index (χ0) is 21.0. The van der Waals surface area contributed by atoms with E-state index in [0.717, 1.165) is 12.0 Å². The Labute approximate surface area is 166 Å². The summed E-state index contributed by atoms with van der Waals surface area (Å²) in [4.78, 5) is 42.1. The molecule has 2 aromatic heterocycles. The van der Waals surface area contributed by atoms with Gasteiger partial charge in [-0.25, -0.2) is 9.78 Å². The van der Waals surface area contributed by atoms with Crippen LogP contribution in [0.5, 0.6) is 0 Å². The molecule has 0 spiro atoms. The van der Waals surface area contributed by atoms with Gasteiger partial charge in [-0.05, 0) is 31.4 Å². The predicted octanol–water partition coefficient (Wildman–Crippen LogP) is 2.71. The SMILES string of the molecule is CCOC(=O)c1noc2ncn(C(CC)C(=O)Nc3ccccc3CC)c(=O)c12. The van der Waals surface area contributed by atoms with Crippen molar-refractivity contribution in [3.05, 3.63) is 52.2 Å². The molecule has 9 heteroatoms. The molecule has 1 amide bonds. The summed E-state index contributed by atoms with van der Waals surface area (Å²) < 4.78 is 11.1. The maximum atomic E-state index is 13.0. The molecular weight excluding hydrogens is 376 g/mol. The lowest BCUT2D eigenvalue weighted by Gasteiger charge is -2.18. The Morgan fingerprint density at radius 3 is 2.69 bits per heavy atom. The second kappa shape index (κ2) is 8.68. The van der Waals surface area contributed by atoms with Crippen molar-refractivity contribution in [1.29, 1.82) is 0 Å². The van der Waals surface area contributed by atoms with Gasteiger partial charge in [0, 0.05) is 5.69 Å². The van der Waals surface area contributed by atoms with Gasteiger partial charge in [0.05, 0.1) is 6.61 Å². The molecule has 0 aliphatic rings. The van der Waals surface area contributed by atoms with E-state index in [2.05, 4.69) is 15.5 Å². The Morgan fingerprint density at radius 1 is 1.24 bits per heavy atom. The second-order valence-electron chi connectivity index (χ2n) is 6.31. The lowest BCUT2D eigenvalue weighted by molar-refractivity contribution is -0.119. The van der Waals surface area contributed by atoms with Crippen LogP contribution in [0.15, 0.2) is 39.9 Å². The van der Waals surface area contributed by atoms with Crippen LogP contribution >= 0.6 is 0 Å². The van der Waals surface area contributed by atoms with Crippen molar-refractivity contribution in [3.8, 4) is 0 Å². The highest BCUT2D eigenvalue weighted by Gasteiger charge is 2.26. The lowest BCUT2D eigenvalue weighted by Crippen LogP contribution is -2.33. The molecule has 0 aliphatic carbocycles. The van der Waals surface area contributed by atoms with Gasteiger partial charge in [0.2, 0.25) is 11.6 Å². The number of ether oxygens (including phenoxy) is 1. The fourth-order valence-electron chi connectivity index (χ4n) is 3.09. The Kier molecular flexibility index (Phi) is 6.06. The van der Waals surface area contributed by atoms with Crippen LogP contribution in [0.2, 0.25) is 0 Å². The van der Waals surface area contributed by atoms with Crippen LogP contribution in [0, 0.1) is 0 Å². The third-order valence-electron chi connectivity index (χ3n) is 4.57. The maximum Gasteiger partial charge on any atom is 0.361 e. The van der Waals surface area contributed by atoms with E-state index < -0.39 is 17.6 Å². The van der Waals surface area contributed by atoms with E-state index in [4.69, 9.17) is 9.26 Å². The molecule has 0 radical (unpaired) electrons. The number of benzene rings is 1. The molecule has 3 rings (SSSR count). The van der Waals surface area contributed by atoms with Gasteiger partial charge in [0.1, 0.15) is 17.8 Å². The molecule has 0 bridgehead atoms. The van der Waals surface area contributed by atoms with Crippen LogP contribution < -0.4 is 10.9 Å². The van der Waals surface area contributed by atoms with Crippen molar-refractivity contribution < 1.29 is 18.8 Å². The number of esters is 1. The number of carbonyl (C=O) groups is 2. The van der Waals surface area contributed by atoms with Crippen molar-refractivity contribution in [2.75, 3.05) is 11.9 Å². The smallest absolute Gasteiger partial charge is 0.361 e. The van der Waals surface area contributed by atoms with E-state index in [0.29, 0.717) is 12.1 Å². The van der Waals surface area contributed by atoms with Gasteiger partial charge in [0.25, 0.3) is 11.3 Å². The molecule has 0 aliphatic heterocycles. The van der Waals surface area contributed by atoms with E-state index in [1.54, 1.807) is 13.8 Å². The highest BCUT2D eigenvalue weighted by atomic mass is 16.5. The van der Waals surface area contributed by atoms with Crippen LogP contribution in [0.3, 0.4) is 0 Å². The number of anilines is 1. The van der Waals surface area contributed by atoms with Gasteiger partial charge in [-0.2, -0.15) is 0 Å². The number of nitrogens with one attached hydrogen (secondary N) is 1. The fourth-order valence-corrected chi connectivity index (χ4v) is 3.09. The average molecular weight is 398 g/mol. The molecule has 29 heavy (non-hydrogen) atoms. The molecule has 3 aromatic rings. The highest BCUT2D eigenvalue weighted by Crippen LogP contribution is 2.20. The number of fused-ring (bicyclic) bond motifs is 1. The number of amides is 1. The van der Waals surface area contributed by atoms with Gasteiger partial charge in [-0.1, -0.05) is 37.2 Å². The molecule has 2 heterocycles. The van der Waals surface area contributed by atoms with Crippen LogP contribution in [-0.4, -0.2) is 33.2 Å². The van der Waals surface area contributed by atoms with Gasteiger partial charge < -0.3 is 14.6 Å². The number of hydrogen-bond acceptors (Lipinski definition) is 7. The topological polar surface area (TPSA) is 116 Å². The molecule has 0 saturated heterocycles. The fraction of sp³-hybridized carbons (Fsp3) is 0.350. The summed E-state index contributed by atoms with van der Waals surface area (Å²) in [5.41, 5.74) is 0.754. The summed E-state index contributed by atoms with van der Waals surface area (Å²) in [5.74, 6) is -1.14. The lowest BCUT2D eigenvalue weighted by atomic mass is 10.1. The number of hydrogen-bond donors (Lipinski definition) is 1. The Bertz CT molecular complexity index is 1100. The first-order valence-corrected chi connectivity index (χ1v) is 9.44. The summed E-state index contributed by atoms with van der Waals surface area (Å²) in [7, 11) is 0. The minimum absolute atomic E-state index is 0.0825. The Hall–Kier alpha value is -3.49. The summed E-state index contributed by atoms with van der Waals surface area (Å²) in [6, 6.07) is 6.65. The third kappa shape index (κ3) is 3.89. The molecule has 0 saturated carbocycles. The van der Waals surface area contributed by atoms with Gasteiger partial charge in [-0.15, -0.1) is 0 Å². The van der Waals surface area contributed by atoms with E-state index >= 15 is 0 Å². The molecular formula is C20H22N4O5. The molecule has 152 valence electrons. The summed E-state index contributed by atoms with van der Waals surface area (Å²) in [5, 5.41) is 6.39. The molecule has 1 N–H and O–H groups in total. The number of para-hydroxylation sites is 1. The van der Waals surface area contributed by atoms with Crippen molar-refractivity contribution in [2.24, 2.45) is 0 Å². The minimum Gasteiger partial charge on any atom is -0.461 e. The Morgan fingerprint density at radius 2 is 2.00 bits per heavy atom. The first-order valence-electron chi connectivity index (χ1n) is 9.44. The van der Waals surface area contributed by atoms with Crippen LogP contribution in [-0.2, 0) is 16.0 Å².